The number of aromatic nitrogens is 4. The largest absolute Gasteiger partial charge is 0.480 e. The van der Waals surface area contributed by atoms with Gasteiger partial charge in [-0.15, -0.1) is 0 Å². The number of aromatic amines is 1. The first-order chi connectivity index (χ1) is 15.9. The van der Waals surface area contributed by atoms with E-state index in [0.717, 1.165) is 24.4 Å². The molecule has 10 nitrogen and oxygen atoms in total. The Hall–Kier alpha value is -3.31. The highest BCUT2D eigenvalue weighted by molar-refractivity contribution is 6.31. The van der Waals surface area contributed by atoms with E-state index < -0.39 is 18.4 Å². The summed E-state index contributed by atoms with van der Waals surface area (Å²) < 4.78 is 19.3. The molecule has 1 aliphatic heterocycles. The van der Waals surface area contributed by atoms with Crippen LogP contribution in [0.3, 0.4) is 0 Å². The summed E-state index contributed by atoms with van der Waals surface area (Å²) in [4.78, 5) is 40.1. The molecule has 174 valence electrons. The van der Waals surface area contributed by atoms with Gasteiger partial charge in [-0.05, 0) is 24.8 Å². The Morgan fingerprint density at radius 2 is 2.18 bits per heavy atom. The van der Waals surface area contributed by atoms with E-state index in [1.807, 2.05) is 0 Å². The lowest BCUT2D eigenvalue weighted by atomic mass is 9.98. The number of halogens is 2. The number of fused-ring (bicyclic) bond motifs is 1. The standard InChI is InChI=1S/C21H22ClFN6O4/c22-13-4-14-15(7-26-19(14)25-6-13)20-27-8-16(23)21(28-20)24-5-12-2-1-3-29(9-12)17(30)10-33-11-18(31)32/h4,6-8,12H,1-3,5,9-11H2,(H,25,26)(H,31,32)(H,24,27,28)/t12-/m0/s1. The van der Waals surface area contributed by atoms with Crippen LogP contribution < -0.4 is 5.32 Å². The fraction of sp³-hybridized carbons (Fsp3) is 0.381. The summed E-state index contributed by atoms with van der Waals surface area (Å²) in [6.07, 6.45) is 5.98. The monoisotopic (exact) mass is 476 g/mol. The van der Waals surface area contributed by atoms with Crippen LogP contribution >= 0.6 is 11.6 Å². The molecule has 4 rings (SSSR count). The highest BCUT2D eigenvalue weighted by Gasteiger charge is 2.24. The minimum atomic E-state index is -1.12. The highest BCUT2D eigenvalue weighted by atomic mass is 35.5. The molecule has 1 saturated heterocycles. The van der Waals surface area contributed by atoms with Crippen molar-refractivity contribution in [3.8, 4) is 11.4 Å². The first-order valence-electron chi connectivity index (χ1n) is 10.4. The van der Waals surface area contributed by atoms with Crippen molar-refractivity contribution in [3.63, 3.8) is 0 Å². The number of hydrogen-bond acceptors (Lipinski definition) is 7. The minimum Gasteiger partial charge on any atom is -0.480 e. The van der Waals surface area contributed by atoms with Crippen molar-refractivity contribution in [2.45, 2.75) is 12.8 Å². The number of likely N-dealkylation sites (tertiary alicyclic amines) is 1. The maximum atomic E-state index is 14.4. The molecular formula is C21H22ClFN6O4. The van der Waals surface area contributed by atoms with Crippen LogP contribution in [0.4, 0.5) is 10.2 Å². The molecule has 3 aromatic heterocycles. The van der Waals surface area contributed by atoms with E-state index in [-0.39, 0.29) is 24.2 Å². The Kier molecular flexibility index (Phi) is 6.99. The van der Waals surface area contributed by atoms with Gasteiger partial charge in [0.1, 0.15) is 18.9 Å². The highest BCUT2D eigenvalue weighted by Crippen LogP contribution is 2.28. The summed E-state index contributed by atoms with van der Waals surface area (Å²) in [7, 11) is 0. The van der Waals surface area contributed by atoms with Crippen LogP contribution in [0, 0.1) is 11.7 Å². The summed E-state index contributed by atoms with van der Waals surface area (Å²) in [6.45, 7) is 0.663. The number of carbonyl (C=O) groups is 2. The number of nitrogens with one attached hydrogen (secondary N) is 2. The van der Waals surface area contributed by atoms with E-state index in [1.165, 1.54) is 6.20 Å². The number of aliphatic carboxylic acids is 1. The molecular weight excluding hydrogens is 455 g/mol. The summed E-state index contributed by atoms with van der Waals surface area (Å²) in [6, 6.07) is 1.74. The van der Waals surface area contributed by atoms with E-state index in [4.69, 9.17) is 21.4 Å². The number of rotatable bonds is 8. The molecule has 0 unspecified atom stereocenters. The summed E-state index contributed by atoms with van der Waals surface area (Å²) in [5.74, 6) is -1.50. The molecule has 3 aromatic rings. The Bertz CT molecular complexity index is 1170. The lowest BCUT2D eigenvalue weighted by Crippen LogP contribution is -2.43. The predicted molar refractivity (Wildman–Crippen MR) is 118 cm³/mol. The zero-order valence-corrected chi connectivity index (χ0v) is 18.3. The van der Waals surface area contributed by atoms with Crippen molar-refractivity contribution < 1.29 is 23.8 Å². The van der Waals surface area contributed by atoms with Gasteiger partial charge in [-0.3, -0.25) is 4.79 Å². The molecule has 12 heteroatoms. The molecule has 1 amide bonds. The fourth-order valence-electron chi connectivity index (χ4n) is 3.80. The van der Waals surface area contributed by atoms with Crippen LogP contribution in [-0.2, 0) is 14.3 Å². The van der Waals surface area contributed by atoms with Crippen molar-refractivity contribution in [3.05, 3.63) is 35.5 Å². The number of ether oxygens (including phenoxy) is 1. The Labute approximate surface area is 193 Å². The Balaban J connectivity index is 1.40. The van der Waals surface area contributed by atoms with Gasteiger partial charge in [-0.2, -0.15) is 0 Å². The van der Waals surface area contributed by atoms with Crippen LogP contribution in [0.5, 0.6) is 0 Å². The smallest absolute Gasteiger partial charge is 0.329 e. The van der Waals surface area contributed by atoms with Crippen molar-refractivity contribution in [1.29, 1.82) is 0 Å². The summed E-state index contributed by atoms with van der Waals surface area (Å²) in [5, 5.41) is 12.8. The average Bonchev–Trinajstić information content (AvgIpc) is 3.21. The third-order valence-electron chi connectivity index (χ3n) is 5.36. The van der Waals surface area contributed by atoms with Crippen molar-refractivity contribution in [2.75, 3.05) is 38.2 Å². The second-order valence-electron chi connectivity index (χ2n) is 7.76. The molecule has 0 aromatic carbocycles. The van der Waals surface area contributed by atoms with E-state index >= 15 is 0 Å². The van der Waals surface area contributed by atoms with Gasteiger partial charge < -0.3 is 25.0 Å². The number of anilines is 1. The molecule has 0 spiro atoms. The maximum absolute atomic E-state index is 14.4. The molecule has 0 bridgehead atoms. The Morgan fingerprint density at radius 1 is 1.33 bits per heavy atom. The van der Waals surface area contributed by atoms with E-state index in [9.17, 15) is 14.0 Å². The summed E-state index contributed by atoms with van der Waals surface area (Å²) >= 11 is 6.05. The number of hydrogen-bond donors (Lipinski definition) is 3. The van der Waals surface area contributed by atoms with Gasteiger partial charge in [0.05, 0.1) is 11.2 Å². The molecule has 1 atom stereocenters. The lowest BCUT2D eigenvalue weighted by molar-refractivity contribution is -0.146. The number of pyridine rings is 1. The fourth-order valence-corrected chi connectivity index (χ4v) is 3.96. The van der Waals surface area contributed by atoms with Crippen LogP contribution in [-0.4, -0.2) is 74.7 Å². The molecule has 0 radical (unpaired) electrons. The number of carbonyl (C=O) groups excluding carboxylic acids is 1. The molecule has 3 N–H and O–H groups in total. The van der Waals surface area contributed by atoms with Crippen molar-refractivity contribution in [2.24, 2.45) is 5.92 Å². The number of carboxylic acid groups (broad SMARTS) is 1. The van der Waals surface area contributed by atoms with Crippen molar-refractivity contribution in [1.82, 2.24) is 24.8 Å². The van der Waals surface area contributed by atoms with Crippen LogP contribution in [0.1, 0.15) is 12.8 Å². The first-order valence-corrected chi connectivity index (χ1v) is 10.7. The maximum Gasteiger partial charge on any atom is 0.329 e. The average molecular weight is 477 g/mol. The molecule has 33 heavy (non-hydrogen) atoms. The van der Waals surface area contributed by atoms with Gasteiger partial charge in [0.25, 0.3) is 0 Å². The predicted octanol–water partition coefficient (Wildman–Crippen LogP) is 2.56. The second kappa shape index (κ2) is 10.1. The number of piperidine rings is 1. The number of carboxylic acids is 1. The summed E-state index contributed by atoms with van der Waals surface area (Å²) in [5.41, 5.74) is 1.27. The zero-order chi connectivity index (χ0) is 23.4. The number of nitrogens with zero attached hydrogens (tertiary/aromatic N) is 4. The van der Waals surface area contributed by atoms with Gasteiger partial charge in [-0.1, -0.05) is 11.6 Å². The SMILES string of the molecule is O=C(O)COCC(=O)N1CCC[C@@H](CNc2nc(-c3c[nH]c4ncc(Cl)cc34)ncc2F)C1. The van der Waals surface area contributed by atoms with Gasteiger partial charge in [0.2, 0.25) is 5.91 Å². The van der Waals surface area contributed by atoms with Gasteiger partial charge in [-0.25, -0.2) is 24.1 Å². The Morgan fingerprint density at radius 3 is 3.00 bits per heavy atom. The van der Waals surface area contributed by atoms with Gasteiger partial charge in [0, 0.05) is 43.0 Å². The minimum absolute atomic E-state index is 0.0672. The quantitative estimate of drug-likeness (QED) is 0.451. The third-order valence-corrected chi connectivity index (χ3v) is 5.57. The van der Waals surface area contributed by atoms with Gasteiger partial charge in [0.15, 0.2) is 17.5 Å². The lowest BCUT2D eigenvalue weighted by Gasteiger charge is -2.33. The molecule has 1 fully saturated rings. The molecule has 1 aliphatic rings. The molecule has 0 aliphatic carbocycles. The van der Waals surface area contributed by atoms with Crippen LogP contribution in [0.15, 0.2) is 24.7 Å². The van der Waals surface area contributed by atoms with Crippen LogP contribution in [0.25, 0.3) is 22.4 Å². The first kappa shape index (κ1) is 22.9. The van der Waals surface area contributed by atoms with Crippen molar-refractivity contribution >= 4 is 40.3 Å². The second-order valence-corrected chi connectivity index (χ2v) is 8.19. The zero-order valence-electron chi connectivity index (χ0n) is 17.6. The van der Waals surface area contributed by atoms with Gasteiger partial charge >= 0.3 is 5.97 Å². The third kappa shape index (κ3) is 5.55. The normalized spacial score (nSPS) is 16.2. The number of amides is 1. The number of H-pyrrole nitrogens is 1. The topological polar surface area (TPSA) is 133 Å². The van der Waals surface area contributed by atoms with E-state index in [1.54, 1.807) is 17.2 Å². The van der Waals surface area contributed by atoms with Crippen LogP contribution in [0.2, 0.25) is 5.02 Å². The molecule has 0 saturated carbocycles. The van der Waals surface area contributed by atoms with E-state index in [2.05, 4.69) is 25.3 Å². The molecule has 4 heterocycles. The van der Waals surface area contributed by atoms with E-state index in [0.29, 0.717) is 41.7 Å².